The van der Waals surface area contributed by atoms with Crippen molar-refractivity contribution in [3.8, 4) is 11.5 Å². The van der Waals surface area contributed by atoms with Gasteiger partial charge >= 0.3 is 0 Å². The molecule has 1 aliphatic heterocycles. The van der Waals surface area contributed by atoms with Crippen LogP contribution in [0.4, 0.5) is 4.39 Å². The zero-order chi connectivity index (χ0) is 23.9. The van der Waals surface area contributed by atoms with Crippen molar-refractivity contribution in [1.82, 2.24) is 14.9 Å². The molecule has 3 heterocycles. The molecule has 1 aliphatic rings. The van der Waals surface area contributed by atoms with Crippen molar-refractivity contribution < 1.29 is 24.1 Å². The van der Waals surface area contributed by atoms with Crippen molar-refractivity contribution >= 4 is 16.9 Å². The number of aliphatic hydroxyl groups excluding tert-OH is 1. The Morgan fingerprint density at radius 1 is 1.36 bits per heavy atom. The summed E-state index contributed by atoms with van der Waals surface area (Å²) in [5, 5.41) is 23.3. The van der Waals surface area contributed by atoms with Gasteiger partial charge in [0.1, 0.15) is 28.5 Å². The van der Waals surface area contributed by atoms with E-state index in [-0.39, 0.29) is 30.0 Å². The molecule has 33 heavy (non-hydrogen) atoms. The van der Waals surface area contributed by atoms with Crippen LogP contribution in [0, 0.1) is 5.82 Å². The van der Waals surface area contributed by atoms with E-state index >= 15 is 0 Å². The normalized spacial score (nSPS) is 15.5. The number of benzene rings is 1. The van der Waals surface area contributed by atoms with Gasteiger partial charge < -0.3 is 26.0 Å². The fourth-order valence-corrected chi connectivity index (χ4v) is 3.84. The first-order chi connectivity index (χ1) is 15.6. The van der Waals surface area contributed by atoms with Crippen molar-refractivity contribution in [3.05, 3.63) is 63.3 Å². The van der Waals surface area contributed by atoms with Crippen LogP contribution in [-0.4, -0.2) is 50.5 Å². The highest BCUT2D eigenvalue weighted by molar-refractivity contribution is 6.01. The molecule has 0 spiro atoms. The maximum Gasteiger partial charge on any atom is 0.268 e. The van der Waals surface area contributed by atoms with Gasteiger partial charge in [0.05, 0.1) is 13.2 Å². The summed E-state index contributed by atoms with van der Waals surface area (Å²) in [6, 6.07) is 5.97. The Morgan fingerprint density at radius 2 is 2.06 bits per heavy atom. The van der Waals surface area contributed by atoms with E-state index in [2.05, 4.69) is 10.3 Å². The lowest BCUT2D eigenvalue weighted by Crippen LogP contribution is -2.50. The Morgan fingerprint density at radius 3 is 2.70 bits per heavy atom. The summed E-state index contributed by atoms with van der Waals surface area (Å²) in [4.78, 5) is 29.3. The number of ether oxygens (including phenoxy) is 1. The molecule has 1 amide bonds. The van der Waals surface area contributed by atoms with E-state index in [4.69, 9.17) is 10.5 Å². The molecule has 3 aromatic rings. The number of hydrogen-bond acceptors (Lipinski definition) is 7. The fourth-order valence-electron chi connectivity index (χ4n) is 3.84. The van der Waals surface area contributed by atoms with Gasteiger partial charge in [-0.25, -0.2) is 4.39 Å². The molecule has 0 fully saturated rings. The van der Waals surface area contributed by atoms with E-state index in [1.165, 1.54) is 22.9 Å². The van der Waals surface area contributed by atoms with Gasteiger partial charge in [-0.05, 0) is 31.5 Å². The Bertz CT molecular complexity index is 1290. The fraction of sp³-hybridized carbons (Fsp3) is 0.348. The lowest BCUT2D eigenvalue weighted by Gasteiger charge is -2.32. The average Bonchev–Trinajstić information content (AvgIpc) is 2.78. The molecule has 10 heteroatoms. The molecule has 174 valence electrons. The Balaban J connectivity index is 1.85. The number of amides is 1. The highest BCUT2D eigenvalue weighted by Gasteiger charge is 2.31. The number of halogens is 1. The summed E-state index contributed by atoms with van der Waals surface area (Å²) >= 11 is 0. The smallest absolute Gasteiger partial charge is 0.268 e. The minimum atomic E-state index is -1.05. The molecular formula is C23H25FN4O5. The highest BCUT2D eigenvalue weighted by atomic mass is 19.1. The number of nitrogens with two attached hydrogens (primary N) is 1. The van der Waals surface area contributed by atoms with Gasteiger partial charge in [0.2, 0.25) is 0 Å². The number of carbonyl (C=O) groups excluding carboxylic acids is 1. The third-order valence-electron chi connectivity index (χ3n) is 5.70. The number of nitrogens with zero attached hydrogens (tertiary/aromatic N) is 2. The Labute approximate surface area is 188 Å². The number of nitrogens with one attached hydrogen (secondary N) is 1. The van der Waals surface area contributed by atoms with E-state index < -0.39 is 34.4 Å². The van der Waals surface area contributed by atoms with Gasteiger partial charge in [0.25, 0.3) is 11.5 Å². The molecule has 5 N–H and O–H groups in total. The number of aromatic nitrogens is 2. The van der Waals surface area contributed by atoms with E-state index in [1.807, 2.05) is 13.8 Å². The molecule has 0 bridgehead atoms. The number of aromatic hydroxyl groups is 1. The third-order valence-corrected chi connectivity index (χ3v) is 5.70. The van der Waals surface area contributed by atoms with Gasteiger partial charge in [0.15, 0.2) is 11.5 Å². The molecule has 0 aliphatic carbocycles. The first kappa shape index (κ1) is 22.7. The summed E-state index contributed by atoms with van der Waals surface area (Å²) in [6.07, 6.45) is 1.31. The van der Waals surface area contributed by atoms with Crippen molar-refractivity contribution in [2.45, 2.75) is 38.5 Å². The molecule has 4 rings (SSSR count). The molecule has 2 aromatic heterocycles. The van der Waals surface area contributed by atoms with E-state index in [0.29, 0.717) is 24.3 Å². The number of carbonyl (C=O) groups is 1. The Hall–Kier alpha value is -3.50. The Kier molecular flexibility index (Phi) is 5.81. The predicted molar refractivity (Wildman–Crippen MR) is 119 cm³/mol. The number of pyridine rings is 2. The summed E-state index contributed by atoms with van der Waals surface area (Å²) < 4.78 is 20.9. The lowest BCUT2D eigenvalue weighted by atomic mass is 10.0. The van der Waals surface area contributed by atoms with E-state index in [0.717, 1.165) is 5.56 Å². The van der Waals surface area contributed by atoms with E-state index in [9.17, 15) is 24.2 Å². The molecule has 0 saturated heterocycles. The highest BCUT2D eigenvalue weighted by Crippen LogP contribution is 2.37. The molecule has 0 radical (unpaired) electrons. The van der Waals surface area contributed by atoms with Crippen LogP contribution in [0.2, 0.25) is 0 Å². The van der Waals surface area contributed by atoms with Crippen LogP contribution in [0.15, 0.2) is 35.3 Å². The zero-order valence-electron chi connectivity index (χ0n) is 18.3. The monoisotopic (exact) mass is 456 g/mol. The quantitative estimate of drug-likeness (QED) is 0.417. The second-order valence-electron chi connectivity index (χ2n) is 8.78. The second-order valence-corrected chi connectivity index (χ2v) is 8.78. The van der Waals surface area contributed by atoms with Gasteiger partial charge in [-0.1, -0.05) is 12.1 Å². The minimum Gasteiger partial charge on any atom is -0.505 e. The van der Waals surface area contributed by atoms with E-state index in [1.54, 1.807) is 12.1 Å². The standard InChI is InChI=1S/C23H25FN4O5/c1-23(2,11-29)27-9-15-10-28-18-17(19(30)16(21(25)31)22(28)32)26-8-13(20(18)33-15)7-12-3-5-14(24)6-4-12/h3-6,8,15,27,29-30H,7,9-11H2,1-2H3,(H2,25,31)/t15-/m0/s1. The number of rotatable bonds is 7. The lowest BCUT2D eigenvalue weighted by molar-refractivity contribution is 0.0993. The van der Waals surface area contributed by atoms with Gasteiger partial charge in [-0.2, -0.15) is 0 Å². The summed E-state index contributed by atoms with van der Waals surface area (Å²) in [6.45, 7) is 3.92. The van der Waals surface area contributed by atoms with Gasteiger partial charge in [-0.15, -0.1) is 0 Å². The molecule has 1 atom stereocenters. The van der Waals surface area contributed by atoms with Crippen LogP contribution in [0.1, 0.15) is 35.3 Å². The molecule has 1 aromatic carbocycles. The van der Waals surface area contributed by atoms with Gasteiger partial charge in [0, 0.05) is 30.3 Å². The molecule has 9 nitrogen and oxygen atoms in total. The first-order valence-corrected chi connectivity index (χ1v) is 10.5. The van der Waals surface area contributed by atoms with Crippen LogP contribution < -0.4 is 21.3 Å². The van der Waals surface area contributed by atoms with Crippen molar-refractivity contribution in [2.24, 2.45) is 5.73 Å². The average molecular weight is 456 g/mol. The van der Waals surface area contributed by atoms with Crippen LogP contribution in [0.25, 0.3) is 11.0 Å². The summed E-state index contributed by atoms with van der Waals surface area (Å²) in [7, 11) is 0. The van der Waals surface area contributed by atoms with Crippen LogP contribution in [-0.2, 0) is 13.0 Å². The van der Waals surface area contributed by atoms with Crippen LogP contribution >= 0.6 is 0 Å². The maximum absolute atomic E-state index is 13.3. The second kappa shape index (κ2) is 8.45. The largest absolute Gasteiger partial charge is 0.505 e. The zero-order valence-corrected chi connectivity index (χ0v) is 18.3. The number of hydrogen-bond donors (Lipinski definition) is 4. The molecule has 0 unspecified atom stereocenters. The topological polar surface area (TPSA) is 140 Å². The number of aliphatic hydroxyl groups is 1. The number of primary amides is 1. The molecular weight excluding hydrogens is 431 g/mol. The van der Waals surface area contributed by atoms with Crippen LogP contribution in [0.5, 0.6) is 11.5 Å². The third kappa shape index (κ3) is 4.27. The van der Waals surface area contributed by atoms with Gasteiger partial charge in [-0.3, -0.25) is 19.1 Å². The predicted octanol–water partition coefficient (Wildman–Crippen LogP) is 1.05. The minimum absolute atomic E-state index is 0.0309. The maximum atomic E-state index is 13.3. The SMILES string of the molecule is CC(C)(CO)NC[C@H]1Cn2c(=O)c(C(N)=O)c(O)c3ncc(Cc4ccc(F)cc4)c(c32)O1. The first-order valence-electron chi connectivity index (χ1n) is 10.5. The molecule has 0 saturated carbocycles. The van der Waals surface area contributed by atoms with Crippen LogP contribution in [0.3, 0.4) is 0 Å². The van der Waals surface area contributed by atoms with Crippen molar-refractivity contribution in [3.63, 3.8) is 0 Å². The summed E-state index contributed by atoms with van der Waals surface area (Å²) in [5.41, 5.74) is 5.23. The summed E-state index contributed by atoms with van der Waals surface area (Å²) in [5.74, 6) is -1.66. The van der Waals surface area contributed by atoms with Crippen molar-refractivity contribution in [2.75, 3.05) is 13.2 Å². The van der Waals surface area contributed by atoms with Crippen molar-refractivity contribution in [1.29, 1.82) is 0 Å².